The summed E-state index contributed by atoms with van der Waals surface area (Å²) in [5, 5.41) is 1.14. The Morgan fingerprint density at radius 3 is 2.51 bits per heavy atom. The van der Waals surface area contributed by atoms with Crippen molar-refractivity contribution in [2.75, 3.05) is 0 Å². The smallest absolute Gasteiger partial charge is 0.346 e. The summed E-state index contributed by atoms with van der Waals surface area (Å²) in [7, 11) is 0. The lowest BCUT2D eigenvalue weighted by Gasteiger charge is -2.15. The van der Waals surface area contributed by atoms with Gasteiger partial charge in [0, 0.05) is 35.9 Å². The number of aromatic nitrogens is 3. The van der Waals surface area contributed by atoms with Crippen LogP contribution in [0.15, 0.2) is 86.0 Å². The molecule has 3 nitrogen and oxygen atoms in total. The van der Waals surface area contributed by atoms with Gasteiger partial charge in [0.2, 0.25) is 0 Å². The lowest BCUT2D eigenvalue weighted by molar-refractivity contribution is -0.137. The Morgan fingerprint density at radius 2 is 1.77 bits per heavy atom. The Labute approximate surface area is 227 Å². The Balaban J connectivity index is 1.23. The molecule has 200 valence electrons. The average molecular weight is 528 g/mol. The third kappa shape index (κ3) is 6.33. The van der Waals surface area contributed by atoms with Gasteiger partial charge in [0.25, 0.3) is 0 Å². The number of nitrogens with zero attached hydrogens (tertiary/aromatic N) is 2. The van der Waals surface area contributed by atoms with Crippen LogP contribution < -0.4 is 0 Å². The number of benzene rings is 2. The molecule has 0 fully saturated rings. The van der Waals surface area contributed by atoms with E-state index in [2.05, 4.69) is 47.7 Å². The molecule has 0 radical (unpaired) electrons. The first-order valence-electron chi connectivity index (χ1n) is 13.2. The largest absolute Gasteiger partial charge is 0.416 e. The summed E-state index contributed by atoms with van der Waals surface area (Å²) in [5.74, 6) is 0. The molecule has 0 bridgehead atoms. The molecule has 39 heavy (non-hydrogen) atoms. The van der Waals surface area contributed by atoms with Crippen LogP contribution in [0.4, 0.5) is 13.2 Å². The van der Waals surface area contributed by atoms with Crippen molar-refractivity contribution in [3.8, 4) is 5.69 Å². The quantitative estimate of drug-likeness (QED) is 0.191. The zero-order valence-corrected chi connectivity index (χ0v) is 22.3. The van der Waals surface area contributed by atoms with E-state index in [1.807, 2.05) is 37.6 Å². The number of pyridine rings is 1. The number of nitrogens with one attached hydrogen (secondary N) is 1. The molecule has 0 unspecified atom stereocenters. The third-order valence-electron chi connectivity index (χ3n) is 7.24. The number of H-pyrrole nitrogens is 1. The topological polar surface area (TPSA) is 33.6 Å². The minimum absolute atomic E-state index is 0.476. The second kappa shape index (κ2) is 11.0. The second-order valence-corrected chi connectivity index (χ2v) is 10.4. The van der Waals surface area contributed by atoms with Gasteiger partial charge in [0.05, 0.1) is 5.56 Å². The van der Waals surface area contributed by atoms with E-state index in [1.165, 1.54) is 28.8 Å². The van der Waals surface area contributed by atoms with Gasteiger partial charge < -0.3 is 9.55 Å². The molecule has 1 N–H and O–H groups in total. The SMILES string of the molecule is C=C(Cc1ccc(CCCCc2cnc3[nH]ccc3c2)c(C)c1)c1cc(-n2ccc(C)c2)cc(C(F)(F)F)c1. The normalized spacial score (nSPS) is 11.8. The third-order valence-corrected chi connectivity index (χ3v) is 7.24. The molecule has 0 saturated heterocycles. The van der Waals surface area contributed by atoms with Crippen LogP contribution >= 0.6 is 0 Å². The van der Waals surface area contributed by atoms with Crippen LogP contribution in [0.25, 0.3) is 22.3 Å². The van der Waals surface area contributed by atoms with Crippen LogP contribution in [0, 0.1) is 13.8 Å². The fraction of sp³-hybridized carbons (Fsp3) is 0.242. The number of rotatable bonds is 9. The van der Waals surface area contributed by atoms with Gasteiger partial charge in [-0.05, 0) is 121 Å². The van der Waals surface area contributed by atoms with Crippen molar-refractivity contribution in [2.45, 2.75) is 52.1 Å². The molecule has 0 amide bonds. The van der Waals surface area contributed by atoms with E-state index >= 15 is 0 Å². The summed E-state index contributed by atoms with van der Waals surface area (Å²) in [6.07, 6.45) is 7.63. The molecule has 2 aromatic carbocycles. The molecule has 0 aliphatic rings. The van der Waals surface area contributed by atoms with Gasteiger partial charge >= 0.3 is 6.18 Å². The van der Waals surface area contributed by atoms with Crippen LogP contribution in [0.5, 0.6) is 0 Å². The van der Waals surface area contributed by atoms with Gasteiger partial charge in [0.1, 0.15) is 5.65 Å². The lowest BCUT2D eigenvalue weighted by atomic mass is 9.94. The van der Waals surface area contributed by atoms with Crippen molar-refractivity contribution in [1.82, 2.24) is 14.5 Å². The van der Waals surface area contributed by atoms with Gasteiger partial charge in [-0.25, -0.2) is 4.98 Å². The van der Waals surface area contributed by atoms with Gasteiger partial charge in [-0.3, -0.25) is 0 Å². The van der Waals surface area contributed by atoms with E-state index in [4.69, 9.17) is 0 Å². The number of hydrogen-bond donors (Lipinski definition) is 1. The summed E-state index contributed by atoms with van der Waals surface area (Å²) in [6, 6.07) is 16.6. The molecule has 0 aliphatic carbocycles. The van der Waals surface area contributed by atoms with Crippen molar-refractivity contribution < 1.29 is 13.2 Å². The number of allylic oxidation sites excluding steroid dienone is 1. The van der Waals surface area contributed by atoms with Crippen LogP contribution in [0.1, 0.15) is 51.8 Å². The molecular weight excluding hydrogens is 495 g/mol. The Kier molecular flexibility index (Phi) is 7.47. The minimum Gasteiger partial charge on any atom is -0.346 e. The molecular formula is C33H32F3N3. The maximum Gasteiger partial charge on any atom is 0.416 e. The monoisotopic (exact) mass is 527 g/mol. The van der Waals surface area contributed by atoms with Crippen molar-refractivity contribution >= 4 is 16.6 Å². The number of alkyl halides is 3. The zero-order valence-electron chi connectivity index (χ0n) is 22.3. The van der Waals surface area contributed by atoms with Crippen LogP contribution in [0.3, 0.4) is 0 Å². The van der Waals surface area contributed by atoms with E-state index in [9.17, 15) is 13.2 Å². The summed E-state index contributed by atoms with van der Waals surface area (Å²) < 4.78 is 42.8. The first-order valence-corrected chi connectivity index (χ1v) is 13.2. The fourth-order valence-corrected chi connectivity index (χ4v) is 5.06. The number of aromatic amines is 1. The maximum absolute atomic E-state index is 13.7. The molecule has 0 saturated carbocycles. The van der Waals surface area contributed by atoms with E-state index in [0.29, 0.717) is 23.2 Å². The van der Waals surface area contributed by atoms with Gasteiger partial charge in [0.15, 0.2) is 0 Å². The highest BCUT2D eigenvalue weighted by atomic mass is 19.4. The summed E-state index contributed by atoms with van der Waals surface area (Å²) in [5.41, 5.74) is 7.66. The Morgan fingerprint density at radius 1 is 0.949 bits per heavy atom. The predicted octanol–water partition coefficient (Wildman–Crippen LogP) is 8.81. The number of unbranched alkanes of at least 4 members (excludes halogenated alkanes) is 1. The number of halogens is 3. The first-order chi connectivity index (χ1) is 18.7. The lowest BCUT2D eigenvalue weighted by Crippen LogP contribution is -2.07. The molecule has 5 aromatic rings. The number of fused-ring (bicyclic) bond motifs is 1. The Bertz CT molecular complexity index is 1620. The molecule has 3 heterocycles. The van der Waals surface area contributed by atoms with E-state index < -0.39 is 11.7 Å². The van der Waals surface area contributed by atoms with Crippen LogP contribution in [0.2, 0.25) is 0 Å². The van der Waals surface area contributed by atoms with Crippen molar-refractivity contribution in [1.29, 1.82) is 0 Å². The highest BCUT2D eigenvalue weighted by molar-refractivity contribution is 5.75. The summed E-state index contributed by atoms with van der Waals surface area (Å²) in [4.78, 5) is 7.59. The second-order valence-electron chi connectivity index (χ2n) is 10.4. The van der Waals surface area contributed by atoms with E-state index in [0.717, 1.165) is 47.8 Å². The zero-order chi connectivity index (χ0) is 27.6. The van der Waals surface area contributed by atoms with Gasteiger partial charge in [-0.15, -0.1) is 0 Å². The molecule has 3 aromatic heterocycles. The summed E-state index contributed by atoms with van der Waals surface area (Å²) in [6.45, 7) is 8.17. The van der Waals surface area contributed by atoms with E-state index in [-0.39, 0.29) is 0 Å². The highest BCUT2D eigenvalue weighted by Crippen LogP contribution is 2.34. The predicted molar refractivity (Wildman–Crippen MR) is 152 cm³/mol. The first kappa shape index (κ1) is 26.5. The van der Waals surface area contributed by atoms with Crippen molar-refractivity contribution in [3.05, 3.63) is 125 Å². The highest BCUT2D eigenvalue weighted by Gasteiger charge is 2.31. The van der Waals surface area contributed by atoms with Crippen LogP contribution in [-0.4, -0.2) is 14.5 Å². The number of aryl methyl sites for hydroxylation is 4. The average Bonchev–Trinajstić information content (AvgIpc) is 3.55. The minimum atomic E-state index is -4.43. The van der Waals surface area contributed by atoms with Crippen molar-refractivity contribution in [2.24, 2.45) is 0 Å². The molecule has 5 rings (SSSR count). The Hall–Kier alpha value is -4.06. The molecule has 6 heteroatoms. The maximum atomic E-state index is 13.7. The fourth-order valence-electron chi connectivity index (χ4n) is 5.06. The number of hydrogen-bond acceptors (Lipinski definition) is 1. The van der Waals surface area contributed by atoms with E-state index in [1.54, 1.807) is 16.8 Å². The standard InChI is InChI=1S/C33H32F3N3/c1-22-11-13-39(21-22)31-18-29(17-30(19-31)33(34,35)36)24(3)15-25-8-9-27(23(2)14-25)7-5-4-6-26-16-28-10-12-37-32(28)38-20-26/h8-14,16-21H,3-7,15H2,1-2H3,(H,37,38). The van der Waals surface area contributed by atoms with Gasteiger partial charge in [-0.2, -0.15) is 13.2 Å². The van der Waals surface area contributed by atoms with Crippen LogP contribution in [-0.2, 0) is 25.4 Å². The molecule has 0 atom stereocenters. The van der Waals surface area contributed by atoms with Gasteiger partial charge in [-0.1, -0.05) is 24.8 Å². The molecule has 0 spiro atoms. The molecule has 0 aliphatic heterocycles. The summed E-state index contributed by atoms with van der Waals surface area (Å²) >= 11 is 0. The van der Waals surface area contributed by atoms with Crippen molar-refractivity contribution in [3.63, 3.8) is 0 Å².